The molecule has 1 aliphatic carbocycles. The van der Waals surface area contributed by atoms with Gasteiger partial charge in [0.05, 0.1) is 0 Å². The maximum absolute atomic E-state index is 12.4. The van der Waals surface area contributed by atoms with Crippen LogP contribution < -0.4 is 0 Å². The van der Waals surface area contributed by atoms with E-state index in [0.717, 1.165) is 44.7 Å². The van der Waals surface area contributed by atoms with Gasteiger partial charge in [0.15, 0.2) is 0 Å². The molecule has 1 aliphatic rings. The molecule has 0 aromatic rings. The van der Waals surface area contributed by atoms with Gasteiger partial charge in [-0.15, -0.1) is 0 Å². The monoisotopic (exact) mass is 239 g/mol. The van der Waals surface area contributed by atoms with E-state index in [-0.39, 0.29) is 0 Å². The van der Waals surface area contributed by atoms with Crippen LogP contribution in [0.5, 0.6) is 0 Å². The summed E-state index contributed by atoms with van der Waals surface area (Å²) in [5, 5.41) is 0. The average Bonchev–Trinajstić information content (AvgIpc) is 2.86. The van der Waals surface area contributed by atoms with E-state index in [9.17, 15) is 4.79 Å². The first-order valence-corrected chi connectivity index (χ1v) is 7.47. The first-order valence-electron chi connectivity index (χ1n) is 7.47. The Morgan fingerprint density at radius 3 is 2.41 bits per heavy atom. The predicted octanol–water partition coefficient (Wildman–Crippen LogP) is 3.85. The Labute approximate surface area is 107 Å². The topological polar surface area (TPSA) is 20.3 Å². The Kier molecular flexibility index (Phi) is 6.61. The highest BCUT2D eigenvalue weighted by atomic mass is 16.2. The van der Waals surface area contributed by atoms with Gasteiger partial charge in [-0.3, -0.25) is 4.79 Å². The van der Waals surface area contributed by atoms with Gasteiger partial charge in [0, 0.05) is 19.0 Å². The van der Waals surface area contributed by atoms with Crippen molar-refractivity contribution < 1.29 is 4.79 Å². The van der Waals surface area contributed by atoms with Crippen LogP contribution >= 0.6 is 0 Å². The summed E-state index contributed by atoms with van der Waals surface area (Å²) >= 11 is 0. The maximum atomic E-state index is 12.4. The summed E-state index contributed by atoms with van der Waals surface area (Å²) in [5.41, 5.74) is 0. The molecule has 0 aromatic carbocycles. The quantitative estimate of drug-likeness (QED) is 0.661. The smallest absolute Gasteiger partial charge is 0.225 e. The number of carbonyl (C=O) groups is 1. The van der Waals surface area contributed by atoms with E-state index in [4.69, 9.17) is 0 Å². The fourth-order valence-electron chi connectivity index (χ4n) is 2.61. The van der Waals surface area contributed by atoms with E-state index in [1.165, 1.54) is 19.3 Å². The molecule has 0 radical (unpaired) electrons. The highest BCUT2D eigenvalue weighted by molar-refractivity contribution is 5.79. The minimum absolute atomic E-state index is 0.346. The molecule has 2 heteroatoms. The van der Waals surface area contributed by atoms with E-state index in [0.29, 0.717) is 11.8 Å². The fraction of sp³-hybridized carbons (Fsp3) is 0.933. The fourth-order valence-corrected chi connectivity index (χ4v) is 2.61. The Balaban J connectivity index is 2.42. The van der Waals surface area contributed by atoms with Crippen molar-refractivity contribution in [3.8, 4) is 0 Å². The summed E-state index contributed by atoms with van der Waals surface area (Å²) in [6.07, 6.45) is 8.22. The van der Waals surface area contributed by atoms with Crippen molar-refractivity contribution in [2.75, 3.05) is 13.1 Å². The molecule has 0 bridgehead atoms. The van der Waals surface area contributed by atoms with Crippen LogP contribution in [0.15, 0.2) is 0 Å². The van der Waals surface area contributed by atoms with Gasteiger partial charge < -0.3 is 4.90 Å². The Morgan fingerprint density at radius 1 is 1.24 bits per heavy atom. The first kappa shape index (κ1) is 14.5. The van der Waals surface area contributed by atoms with Crippen LogP contribution in [0, 0.1) is 11.8 Å². The van der Waals surface area contributed by atoms with Gasteiger partial charge in [-0.2, -0.15) is 0 Å². The van der Waals surface area contributed by atoms with E-state index in [1.54, 1.807) is 0 Å². The zero-order valence-corrected chi connectivity index (χ0v) is 11.9. The third-order valence-electron chi connectivity index (χ3n) is 4.10. The molecule has 17 heavy (non-hydrogen) atoms. The maximum Gasteiger partial charge on any atom is 0.225 e. The standard InChI is InChI=1S/C15H29NO/c1-4-11-16(12-10-13(3)5-2)15(17)14-8-6-7-9-14/h13-14H,4-12H2,1-3H3. The molecule has 0 heterocycles. The molecule has 1 atom stereocenters. The highest BCUT2D eigenvalue weighted by Crippen LogP contribution is 2.27. The summed E-state index contributed by atoms with van der Waals surface area (Å²) in [7, 11) is 0. The molecule has 0 aromatic heterocycles. The lowest BCUT2D eigenvalue weighted by molar-refractivity contribution is -0.135. The van der Waals surface area contributed by atoms with Gasteiger partial charge in [-0.25, -0.2) is 0 Å². The van der Waals surface area contributed by atoms with Crippen LogP contribution in [0.2, 0.25) is 0 Å². The second-order valence-corrected chi connectivity index (χ2v) is 5.61. The minimum atomic E-state index is 0.346. The van der Waals surface area contributed by atoms with Crippen molar-refractivity contribution in [1.29, 1.82) is 0 Å². The number of nitrogens with zero attached hydrogens (tertiary/aromatic N) is 1. The first-order chi connectivity index (χ1) is 8.19. The lowest BCUT2D eigenvalue weighted by Crippen LogP contribution is -2.37. The predicted molar refractivity (Wildman–Crippen MR) is 72.9 cm³/mol. The van der Waals surface area contributed by atoms with Crippen LogP contribution in [-0.4, -0.2) is 23.9 Å². The van der Waals surface area contributed by atoms with Gasteiger partial charge in [0.2, 0.25) is 5.91 Å². The van der Waals surface area contributed by atoms with Crippen molar-refractivity contribution in [2.45, 2.75) is 65.7 Å². The van der Waals surface area contributed by atoms with Crippen LogP contribution in [0.25, 0.3) is 0 Å². The molecule has 0 spiro atoms. The molecule has 2 nitrogen and oxygen atoms in total. The second kappa shape index (κ2) is 7.73. The lowest BCUT2D eigenvalue weighted by atomic mass is 10.0. The molecule has 1 unspecified atom stereocenters. The summed E-state index contributed by atoms with van der Waals surface area (Å²) in [5.74, 6) is 1.52. The summed E-state index contributed by atoms with van der Waals surface area (Å²) in [6, 6.07) is 0. The van der Waals surface area contributed by atoms with Crippen molar-refractivity contribution in [2.24, 2.45) is 11.8 Å². The van der Waals surface area contributed by atoms with Crippen molar-refractivity contribution in [3.05, 3.63) is 0 Å². The zero-order valence-electron chi connectivity index (χ0n) is 11.9. The van der Waals surface area contributed by atoms with E-state index in [1.807, 2.05) is 0 Å². The normalized spacial score (nSPS) is 18.3. The van der Waals surface area contributed by atoms with Crippen molar-refractivity contribution in [1.82, 2.24) is 4.90 Å². The van der Waals surface area contributed by atoms with Crippen molar-refractivity contribution >= 4 is 5.91 Å². The van der Waals surface area contributed by atoms with Gasteiger partial charge in [-0.1, -0.05) is 40.0 Å². The van der Waals surface area contributed by atoms with E-state index < -0.39 is 0 Å². The molecule has 1 amide bonds. The summed E-state index contributed by atoms with van der Waals surface area (Å²) < 4.78 is 0. The number of amides is 1. The third-order valence-corrected chi connectivity index (χ3v) is 4.10. The average molecular weight is 239 g/mol. The number of rotatable bonds is 7. The molecular formula is C15H29NO. The van der Waals surface area contributed by atoms with E-state index >= 15 is 0 Å². The van der Waals surface area contributed by atoms with Crippen molar-refractivity contribution in [3.63, 3.8) is 0 Å². The van der Waals surface area contributed by atoms with Gasteiger partial charge in [0.25, 0.3) is 0 Å². The van der Waals surface area contributed by atoms with Crippen LogP contribution in [0.1, 0.15) is 65.7 Å². The molecule has 1 fully saturated rings. The van der Waals surface area contributed by atoms with Gasteiger partial charge in [0.1, 0.15) is 0 Å². The van der Waals surface area contributed by atoms with Crippen LogP contribution in [0.4, 0.5) is 0 Å². The number of carbonyl (C=O) groups excluding carboxylic acids is 1. The van der Waals surface area contributed by atoms with Gasteiger partial charge >= 0.3 is 0 Å². The molecule has 0 aliphatic heterocycles. The zero-order chi connectivity index (χ0) is 12.7. The third kappa shape index (κ3) is 4.69. The highest BCUT2D eigenvalue weighted by Gasteiger charge is 2.26. The Bertz CT molecular complexity index is 221. The van der Waals surface area contributed by atoms with Crippen LogP contribution in [-0.2, 0) is 4.79 Å². The van der Waals surface area contributed by atoms with E-state index in [2.05, 4.69) is 25.7 Å². The lowest BCUT2D eigenvalue weighted by Gasteiger charge is -2.26. The molecule has 1 saturated carbocycles. The molecule has 1 rings (SSSR count). The largest absolute Gasteiger partial charge is 0.342 e. The SMILES string of the molecule is CCCN(CCC(C)CC)C(=O)C1CCCC1. The minimum Gasteiger partial charge on any atom is -0.342 e. The van der Waals surface area contributed by atoms with Gasteiger partial charge in [-0.05, 0) is 31.6 Å². The second-order valence-electron chi connectivity index (χ2n) is 5.61. The Morgan fingerprint density at radius 2 is 1.88 bits per heavy atom. The molecule has 0 saturated heterocycles. The Hall–Kier alpha value is -0.530. The molecule has 100 valence electrons. The number of hydrogen-bond donors (Lipinski definition) is 0. The molecular weight excluding hydrogens is 210 g/mol. The summed E-state index contributed by atoms with van der Waals surface area (Å²) in [4.78, 5) is 14.5. The van der Waals surface area contributed by atoms with Crippen LogP contribution in [0.3, 0.4) is 0 Å². The summed E-state index contributed by atoms with van der Waals surface area (Å²) in [6.45, 7) is 8.60. The molecule has 0 N–H and O–H groups in total. The number of hydrogen-bond acceptors (Lipinski definition) is 1.